The van der Waals surface area contributed by atoms with E-state index in [-0.39, 0.29) is 0 Å². The number of nitrogens with zero attached hydrogens (tertiary/aromatic N) is 1. The Hall–Kier alpha value is -1.22. The molecule has 0 saturated heterocycles. The van der Waals surface area contributed by atoms with Crippen LogP contribution in [0.15, 0.2) is 18.2 Å². The highest BCUT2D eigenvalue weighted by molar-refractivity contribution is 7.18. The molecular weight excluding hydrogens is 182 g/mol. The van der Waals surface area contributed by atoms with Crippen LogP contribution in [0.3, 0.4) is 0 Å². The van der Waals surface area contributed by atoms with E-state index in [1.807, 2.05) is 25.1 Å². The molecule has 0 fully saturated rings. The Morgan fingerprint density at radius 1 is 1.54 bits per heavy atom. The van der Waals surface area contributed by atoms with E-state index in [9.17, 15) is 4.79 Å². The third-order valence-corrected chi connectivity index (χ3v) is 2.81. The molecule has 1 heterocycles. The van der Waals surface area contributed by atoms with Crippen molar-refractivity contribution in [3.05, 3.63) is 28.8 Å². The number of aryl methyl sites for hydroxylation is 1. The number of hydrogen-bond acceptors (Lipinski definition) is 3. The van der Waals surface area contributed by atoms with Gasteiger partial charge in [-0.2, -0.15) is 0 Å². The second kappa shape index (κ2) is 3.26. The summed E-state index contributed by atoms with van der Waals surface area (Å²) in [4.78, 5) is 14.6. The van der Waals surface area contributed by atoms with E-state index in [1.54, 1.807) is 11.3 Å². The van der Waals surface area contributed by atoms with Gasteiger partial charge in [0, 0.05) is 6.42 Å². The fraction of sp³-hybridized carbons (Fsp3) is 0.200. The van der Waals surface area contributed by atoms with Crippen LogP contribution in [0.2, 0.25) is 0 Å². The van der Waals surface area contributed by atoms with E-state index < -0.39 is 0 Å². The number of aldehydes is 1. The Balaban J connectivity index is 2.54. The smallest absolute Gasteiger partial charge is 0.124 e. The van der Waals surface area contributed by atoms with Crippen LogP contribution in [0, 0.1) is 6.92 Å². The van der Waals surface area contributed by atoms with Crippen LogP contribution >= 0.6 is 11.3 Å². The monoisotopic (exact) mass is 191 g/mol. The second-order valence-corrected chi connectivity index (χ2v) is 4.14. The first-order chi connectivity index (χ1) is 6.29. The van der Waals surface area contributed by atoms with Crippen molar-refractivity contribution < 1.29 is 4.79 Å². The molecule has 2 aromatic rings. The molecule has 0 atom stereocenters. The summed E-state index contributed by atoms with van der Waals surface area (Å²) < 4.78 is 1.16. The normalized spacial score (nSPS) is 10.5. The van der Waals surface area contributed by atoms with Crippen LogP contribution in [0.4, 0.5) is 0 Å². The van der Waals surface area contributed by atoms with Crippen LogP contribution in [-0.4, -0.2) is 11.3 Å². The maximum Gasteiger partial charge on any atom is 0.124 e. The lowest BCUT2D eigenvalue weighted by Crippen LogP contribution is -1.83. The van der Waals surface area contributed by atoms with Crippen molar-refractivity contribution in [1.29, 1.82) is 0 Å². The zero-order chi connectivity index (χ0) is 9.26. The lowest BCUT2D eigenvalue weighted by molar-refractivity contribution is -0.107. The number of thiazole rings is 1. The number of rotatable bonds is 2. The minimum Gasteiger partial charge on any atom is -0.303 e. The molecule has 0 bridgehead atoms. The van der Waals surface area contributed by atoms with Gasteiger partial charge in [0.2, 0.25) is 0 Å². The Morgan fingerprint density at radius 3 is 3.15 bits per heavy atom. The number of benzene rings is 1. The van der Waals surface area contributed by atoms with E-state index in [4.69, 9.17) is 0 Å². The molecule has 0 spiro atoms. The zero-order valence-corrected chi connectivity index (χ0v) is 8.10. The lowest BCUT2D eigenvalue weighted by Gasteiger charge is -1.92. The van der Waals surface area contributed by atoms with Gasteiger partial charge in [-0.3, -0.25) is 0 Å². The Bertz CT molecular complexity index is 447. The summed E-state index contributed by atoms with van der Waals surface area (Å²) in [6.07, 6.45) is 1.42. The van der Waals surface area contributed by atoms with Gasteiger partial charge in [-0.15, -0.1) is 11.3 Å². The molecule has 2 rings (SSSR count). The van der Waals surface area contributed by atoms with Gasteiger partial charge in [-0.1, -0.05) is 6.07 Å². The third kappa shape index (κ3) is 1.60. The molecular formula is C10H9NOS. The largest absolute Gasteiger partial charge is 0.303 e. The van der Waals surface area contributed by atoms with Gasteiger partial charge in [-0.25, -0.2) is 4.98 Å². The molecule has 0 unspecified atom stereocenters. The van der Waals surface area contributed by atoms with Gasteiger partial charge in [0.15, 0.2) is 0 Å². The highest BCUT2D eigenvalue weighted by atomic mass is 32.1. The molecule has 0 aliphatic carbocycles. The Labute approximate surface area is 80.2 Å². The fourth-order valence-corrected chi connectivity index (χ4v) is 2.20. The molecule has 1 aromatic heterocycles. The minimum atomic E-state index is 0.493. The molecule has 0 aliphatic heterocycles. The average molecular weight is 191 g/mol. The van der Waals surface area contributed by atoms with Gasteiger partial charge >= 0.3 is 0 Å². The summed E-state index contributed by atoms with van der Waals surface area (Å²) in [6.45, 7) is 1.99. The maximum absolute atomic E-state index is 10.3. The summed E-state index contributed by atoms with van der Waals surface area (Å²) in [5.74, 6) is 0. The van der Waals surface area contributed by atoms with Crippen LogP contribution in [0.5, 0.6) is 0 Å². The topological polar surface area (TPSA) is 30.0 Å². The number of fused-ring (bicyclic) bond motifs is 1. The van der Waals surface area contributed by atoms with Crippen LogP contribution < -0.4 is 0 Å². The second-order valence-electron chi connectivity index (χ2n) is 2.91. The Kier molecular flexibility index (Phi) is 2.10. The maximum atomic E-state index is 10.3. The zero-order valence-electron chi connectivity index (χ0n) is 7.28. The van der Waals surface area contributed by atoms with Crippen molar-refractivity contribution in [2.45, 2.75) is 13.3 Å². The van der Waals surface area contributed by atoms with Gasteiger partial charge < -0.3 is 4.79 Å². The molecule has 0 amide bonds. The summed E-state index contributed by atoms with van der Waals surface area (Å²) in [7, 11) is 0. The van der Waals surface area contributed by atoms with Crippen LogP contribution in [-0.2, 0) is 11.2 Å². The van der Waals surface area contributed by atoms with E-state index in [0.29, 0.717) is 6.42 Å². The Morgan fingerprint density at radius 2 is 2.38 bits per heavy atom. The number of hydrogen-bond donors (Lipinski definition) is 0. The molecule has 0 saturated carbocycles. The highest BCUT2D eigenvalue weighted by Gasteiger charge is 2.00. The summed E-state index contributed by atoms with van der Waals surface area (Å²) in [5.41, 5.74) is 2.09. The number of carbonyl (C=O) groups is 1. The molecule has 66 valence electrons. The van der Waals surface area contributed by atoms with Gasteiger partial charge in [-0.05, 0) is 24.6 Å². The predicted molar refractivity (Wildman–Crippen MR) is 54.1 cm³/mol. The average Bonchev–Trinajstić information content (AvgIpc) is 2.44. The van der Waals surface area contributed by atoms with Crippen molar-refractivity contribution in [3.8, 4) is 0 Å². The highest BCUT2D eigenvalue weighted by Crippen LogP contribution is 2.22. The quantitative estimate of drug-likeness (QED) is 0.682. The summed E-state index contributed by atoms with van der Waals surface area (Å²) >= 11 is 1.67. The summed E-state index contributed by atoms with van der Waals surface area (Å²) in [5, 5.41) is 1.07. The van der Waals surface area contributed by atoms with Crippen LogP contribution in [0.1, 0.15) is 10.6 Å². The predicted octanol–water partition coefficient (Wildman–Crippen LogP) is 2.35. The first kappa shape index (κ1) is 8.38. The van der Waals surface area contributed by atoms with Gasteiger partial charge in [0.1, 0.15) is 6.29 Å². The first-order valence-corrected chi connectivity index (χ1v) is 4.91. The van der Waals surface area contributed by atoms with E-state index in [0.717, 1.165) is 27.1 Å². The number of aromatic nitrogens is 1. The van der Waals surface area contributed by atoms with Crippen molar-refractivity contribution in [2.24, 2.45) is 0 Å². The molecule has 1 aromatic carbocycles. The SMILES string of the molecule is Cc1nc2ccc(CC=O)cc2s1. The lowest BCUT2D eigenvalue weighted by atomic mass is 10.2. The van der Waals surface area contributed by atoms with Crippen LogP contribution in [0.25, 0.3) is 10.2 Å². The van der Waals surface area contributed by atoms with Gasteiger partial charge in [0.05, 0.1) is 15.2 Å². The van der Waals surface area contributed by atoms with Gasteiger partial charge in [0.25, 0.3) is 0 Å². The fourth-order valence-electron chi connectivity index (χ4n) is 1.31. The molecule has 0 aliphatic rings. The van der Waals surface area contributed by atoms with Crippen molar-refractivity contribution >= 4 is 27.8 Å². The van der Waals surface area contributed by atoms with E-state index in [1.165, 1.54) is 0 Å². The molecule has 13 heavy (non-hydrogen) atoms. The third-order valence-electron chi connectivity index (χ3n) is 1.88. The standard InChI is InChI=1S/C10H9NOS/c1-7-11-9-3-2-8(4-5-12)6-10(9)13-7/h2-3,5-6H,4H2,1H3. The van der Waals surface area contributed by atoms with E-state index >= 15 is 0 Å². The van der Waals surface area contributed by atoms with Crippen molar-refractivity contribution in [3.63, 3.8) is 0 Å². The molecule has 0 N–H and O–H groups in total. The minimum absolute atomic E-state index is 0.493. The van der Waals surface area contributed by atoms with E-state index in [2.05, 4.69) is 4.98 Å². The van der Waals surface area contributed by atoms with Crippen molar-refractivity contribution in [2.75, 3.05) is 0 Å². The number of carbonyl (C=O) groups excluding carboxylic acids is 1. The molecule has 0 radical (unpaired) electrons. The first-order valence-electron chi connectivity index (χ1n) is 4.09. The molecule has 3 heteroatoms. The summed E-state index contributed by atoms with van der Waals surface area (Å²) in [6, 6.07) is 5.96. The van der Waals surface area contributed by atoms with Crippen molar-refractivity contribution in [1.82, 2.24) is 4.98 Å². The molecule has 2 nitrogen and oxygen atoms in total.